The van der Waals surface area contributed by atoms with E-state index in [1.165, 1.54) is 0 Å². The number of nitrogens with zero attached hydrogens (tertiary/aromatic N) is 3. The van der Waals surface area contributed by atoms with Gasteiger partial charge in [0, 0.05) is 38.6 Å². The standard InChI is InChI=1S/C10H16N4/c1-13-6-8-14(9-7-13)12-10-2-4-11-5-3-10/h2-5H,6-9H2,1H3,(H,11,12). The van der Waals surface area contributed by atoms with E-state index in [4.69, 9.17) is 0 Å². The van der Waals surface area contributed by atoms with Crippen molar-refractivity contribution in [3.8, 4) is 0 Å². The Morgan fingerprint density at radius 1 is 1.14 bits per heavy atom. The second-order valence-corrected chi connectivity index (χ2v) is 3.64. The number of anilines is 1. The minimum atomic E-state index is 1.07. The number of likely N-dealkylation sites (N-methyl/N-ethyl adjacent to an activating group) is 1. The summed E-state index contributed by atoms with van der Waals surface area (Å²) in [5.41, 5.74) is 4.48. The molecule has 0 saturated carbocycles. The van der Waals surface area contributed by atoms with Crippen LogP contribution >= 0.6 is 0 Å². The maximum Gasteiger partial charge on any atom is 0.0520 e. The van der Waals surface area contributed by atoms with Crippen LogP contribution in [0.4, 0.5) is 5.69 Å². The van der Waals surface area contributed by atoms with Crippen LogP contribution in [0.5, 0.6) is 0 Å². The Bertz CT molecular complexity index is 267. The third kappa shape index (κ3) is 2.43. The molecule has 14 heavy (non-hydrogen) atoms. The van der Waals surface area contributed by atoms with Crippen LogP contribution in [0.15, 0.2) is 24.5 Å². The smallest absolute Gasteiger partial charge is 0.0520 e. The Hall–Kier alpha value is -1.13. The van der Waals surface area contributed by atoms with Gasteiger partial charge in [-0.3, -0.25) is 4.98 Å². The first-order valence-electron chi connectivity index (χ1n) is 4.95. The average Bonchev–Trinajstić information content (AvgIpc) is 2.23. The third-order valence-corrected chi connectivity index (χ3v) is 2.47. The molecule has 1 aromatic heterocycles. The van der Waals surface area contributed by atoms with Crippen molar-refractivity contribution >= 4 is 5.69 Å². The van der Waals surface area contributed by atoms with Gasteiger partial charge in [0.1, 0.15) is 0 Å². The molecule has 1 N–H and O–H groups in total. The normalized spacial score (nSPS) is 19.5. The third-order valence-electron chi connectivity index (χ3n) is 2.47. The zero-order valence-electron chi connectivity index (χ0n) is 8.48. The second-order valence-electron chi connectivity index (χ2n) is 3.64. The molecule has 1 fully saturated rings. The molecule has 2 heterocycles. The minimum Gasteiger partial charge on any atom is -0.319 e. The SMILES string of the molecule is CN1CCN(Nc2ccncc2)CC1. The number of hydrazine groups is 1. The lowest BCUT2D eigenvalue weighted by Crippen LogP contribution is -2.46. The molecule has 0 aromatic carbocycles. The second kappa shape index (κ2) is 4.39. The molecule has 0 atom stereocenters. The van der Waals surface area contributed by atoms with Crippen molar-refractivity contribution in [2.24, 2.45) is 0 Å². The molecular weight excluding hydrogens is 176 g/mol. The predicted molar refractivity (Wildman–Crippen MR) is 56.9 cm³/mol. The average molecular weight is 192 g/mol. The van der Waals surface area contributed by atoms with Crippen molar-refractivity contribution in [3.05, 3.63) is 24.5 Å². The number of aromatic nitrogens is 1. The van der Waals surface area contributed by atoms with Crippen molar-refractivity contribution in [1.29, 1.82) is 0 Å². The largest absolute Gasteiger partial charge is 0.319 e. The summed E-state index contributed by atoms with van der Waals surface area (Å²) in [6.45, 7) is 4.38. The maximum atomic E-state index is 3.98. The van der Waals surface area contributed by atoms with Gasteiger partial charge >= 0.3 is 0 Å². The first-order chi connectivity index (χ1) is 6.84. The van der Waals surface area contributed by atoms with E-state index >= 15 is 0 Å². The molecule has 0 aliphatic carbocycles. The molecule has 0 unspecified atom stereocenters. The lowest BCUT2D eigenvalue weighted by atomic mass is 10.4. The summed E-state index contributed by atoms with van der Waals surface area (Å²) in [6, 6.07) is 3.97. The first kappa shape index (κ1) is 9.43. The van der Waals surface area contributed by atoms with E-state index in [2.05, 4.69) is 27.4 Å². The summed E-state index contributed by atoms with van der Waals surface area (Å²) in [6.07, 6.45) is 3.61. The van der Waals surface area contributed by atoms with E-state index in [1.54, 1.807) is 12.4 Å². The lowest BCUT2D eigenvalue weighted by Gasteiger charge is -2.32. The van der Waals surface area contributed by atoms with Crippen molar-refractivity contribution < 1.29 is 0 Å². The van der Waals surface area contributed by atoms with Gasteiger partial charge in [-0.1, -0.05) is 0 Å². The highest BCUT2D eigenvalue weighted by Crippen LogP contribution is 2.06. The fraction of sp³-hybridized carbons (Fsp3) is 0.500. The van der Waals surface area contributed by atoms with Crippen LogP contribution in [0, 0.1) is 0 Å². The molecule has 0 amide bonds. The number of rotatable bonds is 2. The van der Waals surface area contributed by atoms with Crippen molar-refractivity contribution in [3.63, 3.8) is 0 Å². The molecule has 1 aliphatic heterocycles. The van der Waals surface area contributed by atoms with Gasteiger partial charge in [0.25, 0.3) is 0 Å². The molecular formula is C10H16N4. The highest BCUT2D eigenvalue weighted by Gasteiger charge is 2.12. The van der Waals surface area contributed by atoms with Gasteiger partial charge in [0.2, 0.25) is 0 Å². The van der Waals surface area contributed by atoms with E-state index in [0.29, 0.717) is 0 Å². The van der Waals surface area contributed by atoms with Crippen LogP contribution in [-0.2, 0) is 0 Å². The van der Waals surface area contributed by atoms with Crippen molar-refractivity contribution in [2.45, 2.75) is 0 Å². The summed E-state index contributed by atoms with van der Waals surface area (Å²) in [4.78, 5) is 6.32. The van der Waals surface area contributed by atoms with Gasteiger partial charge in [-0.25, -0.2) is 5.01 Å². The fourth-order valence-corrected chi connectivity index (χ4v) is 1.53. The highest BCUT2D eigenvalue weighted by molar-refractivity contribution is 5.39. The zero-order chi connectivity index (χ0) is 9.80. The molecule has 1 saturated heterocycles. The van der Waals surface area contributed by atoms with Crippen LogP contribution in [0.25, 0.3) is 0 Å². The summed E-state index contributed by atoms with van der Waals surface area (Å²) < 4.78 is 0. The van der Waals surface area contributed by atoms with Crippen LogP contribution in [0.2, 0.25) is 0 Å². The van der Waals surface area contributed by atoms with Gasteiger partial charge in [-0.2, -0.15) is 0 Å². The predicted octanol–water partition coefficient (Wildman–Crippen LogP) is 0.656. The number of hydrogen-bond donors (Lipinski definition) is 1. The number of nitrogens with one attached hydrogen (secondary N) is 1. The Morgan fingerprint density at radius 3 is 2.43 bits per heavy atom. The minimum absolute atomic E-state index is 1.07. The van der Waals surface area contributed by atoms with E-state index in [9.17, 15) is 0 Å². The molecule has 0 spiro atoms. The van der Waals surface area contributed by atoms with Crippen molar-refractivity contribution in [1.82, 2.24) is 14.9 Å². The lowest BCUT2D eigenvalue weighted by molar-refractivity contribution is 0.179. The Morgan fingerprint density at radius 2 is 1.79 bits per heavy atom. The molecule has 1 aliphatic rings. The van der Waals surface area contributed by atoms with Gasteiger partial charge in [0.05, 0.1) is 5.69 Å². The van der Waals surface area contributed by atoms with Crippen LogP contribution < -0.4 is 5.43 Å². The number of pyridine rings is 1. The summed E-state index contributed by atoms with van der Waals surface area (Å²) in [7, 11) is 2.16. The Balaban J connectivity index is 1.87. The van der Waals surface area contributed by atoms with Gasteiger partial charge < -0.3 is 10.3 Å². The van der Waals surface area contributed by atoms with Crippen LogP contribution in [-0.4, -0.2) is 48.1 Å². The van der Waals surface area contributed by atoms with Gasteiger partial charge in [0.15, 0.2) is 0 Å². The molecule has 0 bridgehead atoms. The quantitative estimate of drug-likeness (QED) is 0.745. The molecule has 0 radical (unpaired) electrons. The Kier molecular flexibility index (Phi) is 2.96. The topological polar surface area (TPSA) is 31.4 Å². The number of piperazine rings is 1. The molecule has 1 aromatic rings. The maximum absolute atomic E-state index is 3.98. The summed E-state index contributed by atoms with van der Waals surface area (Å²) in [5.74, 6) is 0. The number of hydrogen-bond acceptors (Lipinski definition) is 4. The molecule has 76 valence electrons. The van der Waals surface area contributed by atoms with Crippen LogP contribution in [0.1, 0.15) is 0 Å². The van der Waals surface area contributed by atoms with E-state index in [0.717, 1.165) is 31.9 Å². The summed E-state index contributed by atoms with van der Waals surface area (Å²) in [5, 5.41) is 2.25. The monoisotopic (exact) mass is 192 g/mol. The van der Waals surface area contributed by atoms with Gasteiger partial charge in [-0.05, 0) is 19.2 Å². The van der Waals surface area contributed by atoms with E-state index in [-0.39, 0.29) is 0 Å². The van der Waals surface area contributed by atoms with E-state index < -0.39 is 0 Å². The van der Waals surface area contributed by atoms with Crippen LogP contribution in [0.3, 0.4) is 0 Å². The van der Waals surface area contributed by atoms with E-state index in [1.807, 2.05) is 12.1 Å². The highest BCUT2D eigenvalue weighted by atomic mass is 15.5. The van der Waals surface area contributed by atoms with Crippen molar-refractivity contribution in [2.75, 3.05) is 38.7 Å². The first-order valence-corrected chi connectivity index (χ1v) is 4.95. The fourth-order valence-electron chi connectivity index (χ4n) is 1.53. The molecule has 2 rings (SSSR count). The molecule has 4 heteroatoms. The Labute approximate surface area is 84.5 Å². The zero-order valence-corrected chi connectivity index (χ0v) is 8.48. The van der Waals surface area contributed by atoms with Gasteiger partial charge in [-0.15, -0.1) is 0 Å². The molecule has 4 nitrogen and oxygen atoms in total. The summed E-state index contributed by atoms with van der Waals surface area (Å²) >= 11 is 0.